The minimum Gasteiger partial charge on any atom is -0.385 e. The number of hydrogen-bond donors (Lipinski definition) is 2. The van der Waals surface area contributed by atoms with Gasteiger partial charge in [0.1, 0.15) is 0 Å². The first-order valence-corrected chi connectivity index (χ1v) is 12.6. The molecule has 2 atom stereocenters. The second-order valence-electron chi connectivity index (χ2n) is 10.6. The second kappa shape index (κ2) is 12.9. The molecule has 1 saturated heterocycles. The summed E-state index contributed by atoms with van der Waals surface area (Å²) in [5, 5.41) is 7.74. The van der Waals surface area contributed by atoms with Crippen LogP contribution in [0.2, 0.25) is 0 Å². The molecule has 1 aliphatic carbocycles. The van der Waals surface area contributed by atoms with Gasteiger partial charge in [-0.1, -0.05) is 27.7 Å². The van der Waals surface area contributed by atoms with E-state index in [1.54, 1.807) is 7.11 Å². The summed E-state index contributed by atoms with van der Waals surface area (Å²) in [4.78, 5) is 2.72. The maximum atomic E-state index is 6.36. The minimum absolute atomic E-state index is 0.406. The molecule has 2 fully saturated rings. The first kappa shape index (κ1) is 25.4. The van der Waals surface area contributed by atoms with E-state index in [0.29, 0.717) is 22.8 Å². The van der Waals surface area contributed by atoms with Crippen LogP contribution in [0.15, 0.2) is 0 Å². The van der Waals surface area contributed by atoms with E-state index in [4.69, 9.17) is 16.3 Å². The molecular formula is C24H48ClN3O. The summed E-state index contributed by atoms with van der Waals surface area (Å²) < 4.78 is 5.12. The first-order valence-electron chi connectivity index (χ1n) is 12.1. The Morgan fingerprint density at radius 2 is 1.83 bits per heavy atom. The molecule has 1 saturated carbocycles. The summed E-state index contributed by atoms with van der Waals surface area (Å²) in [5.74, 6) is 2.40. The van der Waals surface area contributed by atoms with Gasteiger partial charge in [0, 0.05) is 44.9 Å². The van der Waals surface area contributed by atoms with E-state index < -0.39 is 0 Å². The number of hydrogen-bond acceptors (Lipinski definition) is 4. The predicted molar refractivity (Wildman–Crippen MR) is 126 cm³/mol. The van der Waals surface area contributed by atoms with Crippen molar-refractivity contribution in [1.29, 1.82) is 0 Å². The average molecular weight is 430 g/mol. The number of piperidine rings is 1. The summed E-state index contributed by atoms with van der Waals surface area (Å²) in [6, 6.07) is 0.542. The number of nitrogens with one attached hydrogen (secondary N) is 2. The molecule has 2 aliphatic rings. The number of halogens is 1. The van der Waals surface area contributed by atoms with Crippen molar-refractivity contribution in [3.05, 3.63) is 0 Å². The molecule has 0 aromatic rings. The van der Waals surface area contributed by atoms with Gasteiger partial charge in [-0.2, -0.15) is 0 Å². The highest BCUT2D eigenvalue weighted by molar-refractivity contribution is 6.20. The monoisotopic (exact) mass is 429 g/mol. The molecule has 0 aromatic heterocycles. The summed E-state index contributed by atoms with van der Waals surface area (Å²) in [6.07, 6.45) is 8.79. The third kappa shape index (κ3) is 8.65. The second-order valence-corrected chi connectivity index (χ2v) is 11.2. The number of methoxy groups -OCH3 is 1. The zero-order chi connectivity index (χ0) is 21.3. The quantitative estimate of drug-likeness (QED) is 0.267. The number of likely N-dealkylation sites (tertiary alicyclic amines) is 1. The fourth-order valence-corrected chi connectivity index (χ4v) is 5.82. The Bertz CT molecular complexity index is 438. The average Bonchev–Trinajstić information content (AvgIpc) is 2.66. The Balaban J connectivity index is 1.75. The van der Waals surface area contributed by atoms with E-state index in [-0.39, 0.29) is 0 Å². The number of nitrogens with zero attached hydrogens (tertiary/aromatic N) is 1. The first-order chi connectivity index (χ1) is 13.8. The van der Waals surface area contributed by atoms with Crippen molar-refractivity contribution >= 4 is 11.6 Å². The summed E-state index contributed by atoms with van der Waals surface area (Å²) in [6.45, 7) is 16.2. The normalized spacial score (nSPS) is 29.3. The third-order valence-electron chi connectivity index (χ3n) is 7.36. The van der Waals surface area contributed by atoms with E-state index in [0.717, 1.165) is 44.6 Å². The number of unbranched alkanes of at least 4 members (excludes halogenated alkanes) is 1. The van der Waals surface area contributed by atoms with E-state index in [1.807, 2.05) is 0 Å². The maximum absolute atomic E-state index is 6.36. The highest BCUT2D eigenvalue weighted by Crippen LogP contribution is 2.45. The molecule has 0 radical (unpaired) electrons. The molecule has 29 heavy (non-hydrogen) atoms. The van der Waals surface area contributed by atoms with Crippen LogP contribution in [0, 0.1) is 23.2 Å². The van der Waals surface area contributed by atoms with Gasteiger partial charge in [0.05, 0.1) is 0 Å². The van der Waals surface area contributed by atoms with Crippen LogP contribution in [0.3, 0.4) is 0 Å². The van der Waals surface area contributed by atoms with Gasteiger partial charge in [0.25, 0.3) is 0 Å². The lowest BCUT2D eigenvalue weighted by atomic mass is 9.64. The lowest BCUT2D eigenvalue weighted by Crippen LogP contribution is -2.54. The van der Waals surface area contributed by atoms with Crippen LogP contribution in [0.1, 0.15) is 72.6 Å². The smallest absolute Gasteiger partial charge is 0.0462 e. The molecule has 2 N–H and O–H groups in total. The Kier molecular flexibility index (Phi) is 11.3. The van der Waals surface area contributed by atoms with E-state index in [1.165, 1.54) is 51.6 Å². The summed E-state index contributed by atoms with van der Waals surface area (Å²) in [5.41, 5.74) is 0.406. The maximum Gasteiger partial charge on any atom is 0.0462 e. The molecule has 5 heteroatoms. The molecule has 4 nitrogen and oxygen atoms in total. The van der Waals surface area contributed by atoms with Crippen LogP contribution >= 0.6 is 11.6 Å². The molecule has 0 aromatic carbocycles. The molecule has 2 rings (SSSR count). The lowest BCUT2D eigenvalue weighted by molar-refractivity contribution is 0.00477. The standard InChI is InChI=1S/C24H48ClN3O/c1-19(2)23(27-18-26-13-6-7-15-29-5)16-28-14-12-22(24(3,4)17-28)20-8-10-21(25)11-9-20/h19-23,26-27H,6-18H2,1-5H3/t20?,21?,22?,23-/m0/s1. The molecule has 0 bridgehead atoms. The van der Waals surface area contributed by atoms with E-state index >= 15 is 0 Å². The number of rotatable bonds is 12. The van der Waals surface area contributed by atoms with Crippen LogP contribution in [0.4, 0.5) is 0 Å². The van der Waals surface area contributed by atoms with Crippen molar-refractivity contribution in [3.8, 4) is 0 Å². The fraction of sp³-hybridized carbons (Fsp3) is 1.00. The SMILES string of the molecule is COCCCCNCN[C@@H](CN1CCC(C2CCC(Cl)CC2)C(C)(C)C1)C(C)C. The Labute approximate surface area is 185 Å². The Morgan fingerprint density at radius 3 is 2.45 bits per heavy atom. The van der Waals surface area contributed by atoms with Crippen molar-refractivity contribution in [2.45, 2.75) is 84.1 Å². The van der Waals surface area contributed by atoms with Crippen molar-refractivity contribution < 1.29 is 4.74 Å². The number of ether oxygens (including phenoxy) is 1. The van der Waals surface area contributed by atoms with Crippen molar-refractivity contribution in [1.82, 2.24) is 15.5 Å². The van der Waals surface area contributed by atoms with Crippen LogP contribution in [0.5, 0.6) is 0 Å². The highest BCUT2D eigenvalue weighted by atomic mass is 35.5. The minimum atomic E-state index is 0.406. The van der Waals surface area contributed by atoms with Crippen molar-refractivity contribution in [3.63, 3.8) is 0 Å². The van der Waals surface area contributed by atoms with Gasteiger partial charge in [0.2, 0.25) is 0 Å². The van der Waals surface area contributed by atoms with Gasteiger partial charge in [-0.3, -0.25) is 0 Å². The largest absolute Gasteiger partial charge is 0.385 e. The van der Waals surface area contributed by atoms with Crippen LogP contribution < -0.4 is 10.6 Å². The Hall–Kier alpha value is 0.130. The van der Waals surface area contributed by atoms with Crippen LogP contribution in [-0.2, 0) is 4.74 Å². The summed E-state index contributed by atoms with van der Waals surface area (Å²) >= 11 is 6.36. The van der Waals surface area contributed by atoms with Gasteiger partial charge < -0.3 is 20.3 Å². The third-order valence-corrected chi connectivity index (χ3v) is 7.80. The predicted octanol–water partition coefficient (Wildman–Crippen LogP) is 4.72. The molecular weight excluding hydrogens is 382 g/mol. The van der Waals surface area contributed by atoms with E-state index in [9.17, 15) is 0 Å². The molecule has 1 unspecified atom stereocenters. The van der Waals surface area contributed by atoms with Gasteiger partial charge in [-0.05, 0) is 81.2 Å². The van der Waals surface area contributed by atoms with Gasteiger partial charge in [-0.15, -0.1) is 11.6 Å². The highest BCUT2D eigenvalue weighted by Gasteiger charge is 2.41. The van der Waals surface area contributed by atoms with Crippen LogP contribution in [-0.4, -0.2) is 62.9 Å². The van der Waals surface area contributed by atoms with Crippen LogP contribution in [0.25, 0.3) is 0 Å². The summed E-state index contributed by atoms with van der Waals surface area (Å²) in [7, 11) is 1.77. The molecule has 1 heterocycles. The zero-order valence-corrected chi connectivity index (χ0v) is 20.6. The van der Waals surface area contributed by atoms with Crippen molar-refractivity contribution in [2.75, 3.05) is 46.6 Å². The topological polar surface area (TPSA) is 36.5 Å². The van der Waals surface area contributed by atoms with E-state index in [2.05, 4.69) is 43.2 Å². The molecule has 172 valence electrons. The molecule has 0 spiro atoms. The van der Waals surface area contributed by atoms with Gasteiger partial charge in [0.15, 0.2) is 0 Å². The number of alkyl halides is 1. The molecule has 0 amide bonds. The molecule has 1 aliphatic heterocycles. The lowest BCUT2D eigenvalue weighted by Gasteiger charge is -2.49. The van der Waals surface area contributed by atoms with Crippen molar-refractivity contribution in [2.24, 2.45) is 23.2 Å². The van der Waals surface area contributed by atoms with Gasteiger partial charge >= 0.3 is 0 Å². The Morgan fingerprint density at radius 1 is 1.10 bits per heavy atom. The zero-order valence-electron chi connectivity index (χ0n) is 19.8. The van der Waals surface area contributed by atoms with Gasteiger partial charge in [-0.25, -0.2) is 0 Å². The fourth-order valence-electron chi connectivity index (χ4n) is 5.57.